The van der Waals surface area contributed by atoms with Gasteiger partial charge in [0.1, 0.15) is 5.76 Å². The zero-order valence-corrected chi connectivity index (χ0v) is 24.7. The molecule has 2 unspecified atom stereocenters. The molecule has 0 saturated carbocycles. The highest BCUT2D eigenvalue weighted by Crippen LogP contribution is 2.36. The number of amides is 1. The van der Waals surface area contributed by atoms with Crippen LogP contribution >= 0.6 is 23.2 Å². The summed E-state index contributed by atoms with van der Waals surface area (Å²) in [6.07, 6.45) is 6.34. The van der Waals surface area contributed by atoms with Gasteiger partial charge in [-0.15, -0.1) is 5.10 Å². The van der Waals surface area contributed by atoms with Gasteiger partial charge in [0.2, 0.25) is 5.91 Å². The molecule has 1 aromatic carbocycles. The second-order valence-corrected chi connectivity index (χ2v) is 11.3. The number of anilines is 1. The van der Waals surface area contributed by atoms with Crippen molar-refractivity contribution < 1.29 is 13.6 Å². The molecule has 4 aromatic heterocycles. The maximum Gasteiger partial charge on any atom is 0.227 e. The Morgan fingerprint density at radius 2 is 1.98 bits per heavy atom. The normalized spacial score (nSPS) is 17.8. The summed E-state index contributed by atoms with van der Waals surface area (Å²) in [5.41, 5.74) is 3.29. The third kappa shape index (κ3) is 5.70. The van der Waals surface area contributed by atoms with Crippen molar-refractivity contribution in [1.82, 2.24) is 29.8 Å². The highest BCUT2D eigenvalue weighted by atomic mass is 35.5. The number of hydrogen-bond acceptors (Lipinski definition) is 7. The summed E-state index contributed by atoms with van der Waals surface area (Å²) in [6, 6.07) is 10.0. The van der Waals surface area contributed by atoms with E-state index in [0.717, 1.165) is 0 Å². The Morgan fingerprint density at radius 1 is 1.14 bits per heavy atom. The predicted molar refractivity (Wildman–Crippen MR) is 160 cm³/mol. The lowest BCUT2D eigenvalue weighted by molar-refractivity contribution is -0.119. The SMILES string of the molecule is CC(F)n1ncc2c1-c1ccnc(c1)C(c1coc(-c3cc(Cl)ccc3-n3cc(Cl)nn3)cc1=O)CCC[C@@H](C)C(=O)N2. The van der Waals surface area contributed by atoms with Crippen LogP contribution in [0.15, 0.2) is 70.5 Å². The van der Waals surface area contributed by atoms with Crippen LogP contribution in [0.5, 0.6) is 0 Å². The fourth-order valence-electron chi connectivity index (χ4n) is 5.36. The molecule has 43 heavy (non-hydrogen) atoms. The van der Waals surface area contributed by atoms with E-state index in [1.54, 1.807) is 36.5 Å². The number of alkyl halides is 1. The molecule has 1 N–H and O–H groups in total. The molecule has 0 radical (unpaired) electrons. The number of fused-ring (bicyclic) bond motifs is 4. The van der Waals surface area contributed by atoms with Crippen LogP contribution in [0, 0.1) is 5.92 Å². The first-order valence-electron chi connectivity index (χ1n) is 13.7. The molecule has 5 aromatic rings. The average molecular weight is 622 g/mol. The number of carbonyl (C=O) groups is 1. The van der Waals surface area contributed by atoms with Gasteiger partial charge in [-0.25, -0.2) is 13.8 Å². The number of benzene rings is 1. The zero-order chi connectivity index (χ0) is 30.2. The first-order chi connectivity index (χ1) is 20.7. The summed E-state index contributed by atoms with van der Waals surface area (Å²) >= 11 is 12.3. The molecule has 6 rings (SSSR count). The standard InChI is InChI=1S/C30H26Cl2FN7O3/c1-16-4-3-5-20(23-10-18(8-9-34-23)29-24(36-30(16)42)13-35-40(29)17(2)33)22-15-43-27(12-26(22)41)21-11-19(31)6-7-25(21)39-14-28(32)37-38-39/h6-17,20H,3-5H2,1-2H3,(H,36,42)/t16-,17?,20?/m1/s1. The van der Waals surface area contributed by atoms with Crippen LogP contribution in [-0.2, 0) is 4.79 Å². The molecule has 5 heterocycles. The maximum atomic E-state index is 14.6. The third-order valence-electron chi connectivity index (χ3n) is 7.55. The molecule has 3 atom stereocenters. The number of aromatic nitrogens is 6. The van der Waals surface area contributed by atoms with Gasteiger partial charge in [0.15, 0.2) is 16.9 Å². The topological polar surface area (TPSA) is 121 Å². The number of nitrogens with one attached hydrogen (secondary N) is 1. The Balaban J connectivity index is 1.45. The first-order valence-corrected chi connectivity index (χ1v) is 14.4. The van der Waals surface area contributed by atoms with Crippen LogP contribution in [0.3, 0.4) is 0 Å². The molecule has 0 aliphatic carbocycles. The summed E-state index contributed by atoms with van der Waals surface area (Å²) < 4.78 is 23.3. The van der Waals surface area contributed by atoms with Crippen LogP contribution in [0.25, 0.3) is 28.3 Å². The van der Waals surface area contributed by atoms with Crippen molar-refractivity contribution in [2.45, 2.75) is 45.3 Å². The second-order valence-electron chi connectivity index (χ2n) is 10.5. The lowest BCUT2D eigenvalue weighted by Gasteiger charge is -2.20. The van der Waals surface area contributed by atoms with Crippen LogP contribution < -0.4 is 10.7 Å². The summed E-state index contributed by atoms with van der Waals surface area (Å²) in [7, 11) is 0. The summed E-state index contributed by atoms with van der Waals surface area (Å²) in [5, 5.41) is 15.6. The van der Waals surface area contributed by atoms with Crippen LogP contribution in [0.4, 0.5) is 10.1 Å². The largest absolute Gasteiger partial charge is 0.464 e. The van der Waals surface area contributed by atoms with E-state index in [-0.39, 0.29) is 28.2 Å². The average Bonchev–Trinajstić information content (AvgIpc) is 3.61. The van der Waals surface area contributed by atoms with Crippen molar-refractivity contribution in [3.8, 4) is 28.3 Å². The monoisotopic (exact) mass is 621 g/mol. The number of nitrogens with zero attached hydrogens (tertiary/aromatic N) is 6. The van der Waals surface area contributed by atoms with Gasteiger partial charge in [0.25, 0.3) is 0 Å². The molecule has 2 bridgehead atoms. The minimum Gasteiger partial charge on any atom is -0.464 e. The van der Waals surface area contributed by atoms with Crippen molar-refractivity contribution in [1.29, 1.82) is 0 Å². The van der Waals surface area contributed by atoms with Crippen LogP contribution in [0.1, 0.15) is 56.6 Å². The summed E-state index contributed by atoms with van der Waals surface area (Å²) in [5.74, 6) is -0.678. The van der Waals surface area contributed by atoms with Gasteiger partial charge >= 0.3 is 0 Å². The maximum absolute atomic E-state index is 14.6. The number of pyridine rings is 1. The van der Waals surface area contributed by atoms with Gasteiger partial charge in [0.05, 0.1) is 35.7 Å². The van der Waals surface area contributed by atoms with E-state index in [2.05, 4.69) is 25.7 Å². The smallest absolute Gasteiger partial charge is 0.227 e. The van der Waals surface area contributed by atoms with Gasteiger partial charge in [-0.2, -0.15) is 5.10 Å². The molecular weight excluding hydrogens is 596 g/mol. The predicted octanol–water partition coefficient (Wildman–Crippen LogP) is 6.83. The molecule has 1 aliphatic heterocycles. The second kappa shape index (κ2) is 11.7. The Hall–Kier alpha value is -4.35. The molecule has 0 spiro atoms. The molecule has 13 heteroatoms. The summed E-state index contributed by atoms with van der Waals surface area (Å²) in [4.78, 5) is 31.3. The minimum atomic E-state index is -1.44. The van der Waals surface area contributed by atoms with Gasteiger partial charge in [-0.3, -0.25) is 14.6 Å². The van der Waals surface area contributed by atoms with Gasteiger partial charge < -0.3 is 9.73 Å². The van der Waals surface area contributed by atoms with Crippen molar-refractivity contribution in [3.05, 3.63) is 92.9 Å². The Kier molecular flexibility index (Phi) is 7.85. The first kappa shape index (κ1) is 28.8. The van der Waals surface area contributed by atoms with Gasteiger partial charge in [-0.05, 0) is 50.1 Å². The molecule has 220 valence electrons. The van der Waals surface area contributed by atoms with E-state index >= 15 is 0 Å². The fraction of sp³-hybridized carbons (Fsp3) is 0.267. The number of rotatable bonds is 4. The van der Waals surface area contributed by atoms with Crippen molar-refractivity contribution in [2.24, 2.45) is 5.92 Å². The fourth-order valence-corrected chi connectivity index (χ4v) is 5.66. The molecule has 10 nitrogen and oxygen atoms in total. The van der Waals surface area contributed by atoms with E-state index in [9.17, 15) is 14.0 Å². The van der Waals surface area contributed by atoms with E-state index in [1.807, 2.05) is 6.92 Å². The van der Waals surface area contributed by atoms with E-state index in [0.29, 0.717) is 63.7 Å². The molecular formula is C30H26Cl2FN7O3. The Morgan fingerprint density at radius 3 is 2.72 bits per heavy atom. The molecule has 1 amide bonds. The number of carbonyl (C=O) groups excluding carboxylic acids is 1. The lowest BCUT2D eigenvalue weighted by atomic mass is 9.88. The Labute approximate surface area is 255 Å². The molecule has 0 fully saturated rings. The molecule has 1 aliphatic rings. The van der Waals surface area contributed by atoms with Gasteiger partial charge in [-0.1, -0.05) is 41.8 Å². The highest BCUT2D eigenvalue weighted by Gasteiger charge is 2.26. The zero-order valence-electron chi connectivity index (χ0n) is 23.2. The van der Waals surface area contributed by atoms with Crippen molar-refractivity contribution in [3.63, 3.8) is 0 Å². The number of halogens is 3. The van der Waals surface area contributed by atoms with Crippen molar-refractivity contribution >= 4 is 34.8 Å². The van der Waals surface area contributed by atoms with Crippen molar-refractivity contribution in [2.75, 3.05) is 5.32 Å². The molecule has 0 saturated heterocycles. The quantitative estimate of drug-likeness (QED) is 0.233. The van der Waals surface area contributed by atoms with Crippen LogP contribution in [0.2, 0.25) is 10.2 Å². The third-order valence-corrected chi connectivity index (χ3v) is 7.96. The highest BCUT2D eigenvalue weighted by molar-refractivity contribution is 6.31. The lowest BCUT2D eigenvalue weighted by Crippen LogP contribution is -2.22. The van der Waals surface area contributed by atoms with E-state index < -0.39 is 12.2 Å². The summed E-state index contributed by atoms with van der Waals surface area (Å²) in [6.45, 7) is 3.21. The Bertz CT molecular complexity index is 1880. The van der Waals surface area contributed by atoms with Crippen LogP contribution in [-0.4, -0.2) is 35.7 Å². The number of hydrogen-bond donors (Lipinski definition) is 1. The van der Waals surface area contributed by atoms with E-state index in [1.165, 1.54) is 41.0 Å². The minimum absolute atomic E-state index is 0.187. The van der Waals surface area contributed by atoms with E-state index in [4.69, 9.17) is 27.6 Å². The van der Waals surface area contributed by atoms with Gasteiger partial charge in [0, 0.05) is 51.5 Å².